The van der Waals surface area contributed by atoms with Crippen LogP contribution in [0.25, 0.3) is 0 Å². The molecule has 3 nitrogen and oxygen atoms in total. The number of benzene rings is 2. The van der Waals surface area contributed by atoms with Crippen LogP contribution in [0.1, 0.15) is 17.2 Å². The van der Waals surface area contributed by atoms with Crippen molar-refractivity contribution in [2.75, 3.05) is 32.1 Å². The van der Waals surface area contributed by atoms with Gasteiger partial charge >= 0.3 is 0 Å². The minimum Gasteiger partial charge on any atom is -0.495 e. The van der Waals surface area contributed by atoms with E-state index in [1.54, 1.807) is 7.11 Å². The highest BCUT2D eigenvalue weighted by Gasteiger charge is 2.21. The van der Waals surface area contributed by atoms with Gasteiger partial charge in [0.25, 0.3) is 0 Å². The van der Waals surface area contributed by atoms with Crippen LogP contribution in [-0.2, 0) is 6.42 Å². The third kappa shape index (κ3) is 2.88. The highest BCUT2D eigenvalue weighted by Crippen LogP contribution is 2.29. The van der Waals surface area contributed by atoms with E-state index in [1.807, 2.05) is 12.1 Å². The molecule has 1 aliphatic rings. The quantitative estimate of drug-likeness (QED) is 0.933. The summed E-state index contributed by atoms with van der Waals surface area (Å²) in [5.74, 6) is 0.920. The second-order valence-electron chi connectivity index (χ2n) is 5.51. The maximum Gasteiger partial charge on any atom is 0.142 e. The average Bonchev–Trinajstić information content (AvgIpc) is 2.55. The molecule has 1 N–H and O–H groups in total. The maximum atomic E-state index is 5.46. The van der Waals surface area contributed by atoms with E-state index in [1.165, 1.54) is 11.1 Å². The number of likely N-dealkylation sites (N-methyl/N-ethyl adjacent to an activating group) is 1. The van der Waals surface area contributed by atoms with Gasteiger partial charge in [0.2, 0.25) is 0 Å². The third-order valence-electron chi connectivity index (χ3n) is 4.17. The summed E-state index contributed by atoms with van der Waals surface area (Å²) >= 11 is 0. The van der Waals surface area contributed by atoms with Crippen molar-refractivity contribution in [3.05, 3.63) is 59.7 Å². The zero-order valence-corrected chi connectivity index (χ0v) is 12.7. The maximum absolute atomic E-state index is 5.46. The van der Waals surface area contributed by atoms with Crippen LogP contribution in [0.15, 0.2) is 48.5 Å². The minimum absolute atomic E-state index is 0.366. The number of hydrogen-bond acceptors (Lipinski definition) is 3. The molecule has 1 unspecified atom stereocenters. The molecule has 0 amide bonds. The van der Waals surface area contributed by atoms with Gasteiger partial charge in [0.15, 0.2) is 0 Å². The van der Waals surface area contributed by atoms with Crippen LogP contribution < -0.4 is 15.0 Å². The molecule has 3 heteroatoms. The summed E-state index contributed by atoms with van der Waals surface area (Å²) in [6.07, 6.45) is 1.12. The second kappa shape index (κ2) is 6.19. The van der Waals surface area contributed by atoms with Gasteiger partial charge in [0, 0.05) is 13.6 Å². The Balaban J connectivity index is 1.81. The average molecular weight is 282 g/mol. The highest BCUT2D eigenvalue weighted by atomic mass is 16.5. The van der Waals surface area contributed by atoms with Gasteiger partial charge in [-0.15, -0.1) is 0 Å². The second-order valence-corrected chi connectivity index (χ2v) is 5.51. The standard InChI is InChI=1S/C18H22N2O/c1-20(17-9-5-6-10-18(17)21-2)13-16-15-8-4-3-7-14(15)11-12-19-16/h3-10,16,19H,11-13H2,1-2H3. The van der Waals surface area contributed by atoms with Gasteiger partial charge in [0.05, 0.1) is 18.8 Å². The summed E-state index contributed by atoms with van der Waals surface area (Å²) in [4.78, 5) is 2.26. The summed E-state index contributed by atoms with van der Waals surface area (Å²) in [5.41, 5.74) is 4.02. The molecule has 1 aliphatic heterocycles. The molecule has 2 aromatic carbocycles. The smallest absolute Gasteiger partial charge is 0.142 e. The van der Waals surface area contributed by atoms with Gasteiger partial charge in [0.1, 0.15) is 5.75 Å². The molecule has 0 spiro atoms. The molecular formula is C18H22N2O. The van der Waals surface area contributed by atoms with Crippen LogP contribution in [0.5, 0.6) is 5.75 Å². The summed E-state index contributed by atoms with van der Waals surface area (Å²) in [7, 11) is 3.84. The summed E-state index contributed by atoms with van der Waals surface area (Å²) in [5, 5.41) is 3.63. The Kier molecular flexibility index (Phi) is 4.11. The van der Waals surface area contributed by atoms with Crippen molar-refractivity contribution in [3.8, 4) is 5.75 Å². The van der Waals surface area contributed by atoms with Crippen LogP contribution in [0.4, 0.5) is 5.69 Å². The van der Waals surface area contributed by atoms with Crippen molar-refractivity contribution < 1.29 is 4.74 Å². The predicted molar refractivity (Wildman–Crippen MR) is 87.2 cm³/mol. The van der Waals surface area contributed by atoms with Crippen LogP contribution >= 0.6 is 0 Å². The first-order valence-corrected chi connectivity index (χ1v) is 7.45. The topological polar surface area (TPSA) is 24.5 Å². The predicted octanol–water partition coefficient (Wildman–Crippen LogP) is 3.02. The zero-order chi connectivity index (χ0) is 14.7. The largest absolute Gasteiger partial charge is 0.495 e. The number of nitrogens with one attached hydrogen (secondary N) is 1. The lowest BCUT2D eigenvalue weighted by Crippen LogP contribution is -2.37. The number of para-hydroxylation sites is 2. The molecule has 0 bridgehead atoms. The fraction of sp³-hybridized carbons (Fsp3) is 0.333. The number of rotatable bonds is 4. The van der Waals surface area contributed by atoms with Gasteiger partial charge < -0.3 is 15.0 Å². The molecule has 2 aromatic rings. The van der Waals surface area contributed by atoms with E-state index in [4.69, 9.17) is 4.74 Å². The van der Waals surface area contributed by atoms with Crippen LogP contribution in [0.3, 0.4) is 0 Å². The lowest BCUT2D eigenvalue weighted by atomic mass is 9.94. The monoisotopic (exact) mass is 282 g/mol. The molecule has 0 saturated carbocycles. The number of fused-ring (bicyclic) bond motifs is 1. The molecule has 0 radical (unpaired) electrons. The molecule has 0 fully saturated rings. The van der Waals surface area contributed by atoms with Gasteiger partial charge in [-0.2, -0.15) is 0 Å². The van der Waals surface area contributed by atoms with E-state index in [0.29, 0.717) is 6.04 Å². The summed E-state index contributed by atoms with van der Waals surface area (Å²) in [6, 6.07) is 17.3. The fourth-order valence-corrected chi connectivity index (χ4v) is 3.07. The van der Waals surface area contributed by atoms with E-state index in [-0.39, 0.29) is 0 Å². The lowest BCUT2D eigenvalue weighted by molar-refractivity contribution is 0.413. The summed E-state index contributed by atoms with van der Waals surface area (Å²) in [6.45, 7) is 1.97. The number of methoxy groups -OCH3 is 1. The molecule has 0 saturated heterocycles. The number of anilines is 1. The minimum atomic E-state index is 0.366. The number of ether oxygens (including phenoxy) is 1. The van der Waals surface area contributed by atoms with Crippen molar-refractivity contribution in [3.63, 3.8) is 0 Å². The highest BCUT2D eigenvalue weighted by molar-refractivity contribution is 5.58. The fourth-order valence-electron chi connectivity index (χ4n) is 3.07. The van der Waals surface area contributed by atoms with E-state index in [0.717, 1.165) is 30.9 Å². The molecule has 3 rings (SSSR count). The molecule has 0 aromatic heterocycles. The Labute approximate surface area is 126 Å². The molecule has 0 aliphatic carbocycles. The Morgan fingerprint density at radius 3 is 2.76 bits per heavy atom. The first-order chi connectivity index (χ1) is 10.3. The zero-order valence-electron chi connectivity index (χ0n) is 12.7. The van der Waals surface area contributed by atoms with Crippen molar-refractivity contribution >= 4 is 5.69 Å². The molecule has 1 atom stereocenters. The van der Waals surface area contributed by atoms with Crippen LogP contribution in [0.2, 0.25) is 0 Å². The third-order valence-corrected chi connectivity index (χ3v) is 4.17. The molecular weight excluding hydrogens is 260 g/mol. The van der Waals surface area contributed by atoms with Crippen LogP contribution in [-0.4, -0.2) is 27.2 Å². The van der Waals surface area contributed by atoms with Crippen molar-refractivity contribution in [1.82, 2.24) is 5.32 Å². The summed E-state index contributed by atoms with van der Waals surface area (Å²) < 4.78 is 5.46. The Hall–Kier alpha value is -2.00. The first kappa shape index (κ1) is 14.0. The number of hydrogen-bond donors (Lipinski definition) is 1. The molecule has 1 heterocycles. The van der Waals surface area contributed by atoms with Crippen molar-refractivity contribution in [2.24, 2.45) is 0 Å². The SMILES string of the molecule is COc1ccccc1N(C)CC1NCCc2ccccc21. The van der Waals surface area contributed by atoms with E-state index >= 15 is 0 Å². The lowest BCUT2D eigenvalue weighted by Gasteiger charge is -2.32. The van der Waals surface area contributed by atoms with E-state index in [9.17, 15) is 0 Å². The first-order valence-electron chi connectivity index (χ1n) is 7.45. The van der Waals surface area contributed by atoms with E-state index in [2.05, 4.69) is 53.7 Å². The van der Waals surface area contributed by atoms with Crippen LogP contribution in [0, 0.1) is 0 Å². The van der Waals surface area contributed by atoms with Gasteiger partial charge in [-0.1, -0.05) is 36.4 Å². The van der Waals surface area contributed by atoms with Crippen molar-refractivity contribution in [1.29, 1.82) is 0 Å². The Morgan fingerprint density at radius 2 is 1.90 bits per heavy atom. The molecule has 110 valence electrons. The van der Waals surface area contributed by atoms with E-state index < -0.39 is 0 Å². The van der Waals surface area contributed by atoms with Gasteiger partial charge in [-0.05, 0) is 36.2 Å². The Morgan fingerprint density at radius 1 is 1.14 bits per heavy atom. The Bertz CT molecular complexity index is 612. The van der Waals surface area contributed by atoms with Gasteiger partial charge in [-0.3, -0.25) is 0 Å². The van der Waals surface area contributed by atoms with Gasteiger partial charge in [-0.25, -0.2) is 0 Å². The number of nitrogens with zero attached hydrogens (tertiary/aromatic N) is 1. The molecule has 21 heavy (non-hydrogen) atoms. The normalized spacial score (nSPS) is 17.1. The van der Waals surface area contributed by atoms with Crippen molar-refractivity contribution in [2.45, 2.75) is 12.5 Å².